The Bertz CT molecular complexity index is 299. The largest absolute Gasteiger partial charge is 0.356 e. The smallest absolute Gasteiger partial charge is 0.223 e. The second-order valence-electron chi connectivity index (χ2n) is 6.48. The van der Waals surface area contributed by atoms with Crippen LogP contribution in [-0.2, 0) is 4.79 Å². The van der Waals surface area contributed by atoms with Crippen LogP contribution in [0.25, 0.3) is 0 Å². The van der Waals surface area contributed by atoms with Crippen molar-refractivity contribution in [2.45, 2.75) is 51.5 Å². The SMILES string of the molecule is CC(CNC(=O)C1CCCC(N)C1)CN1CCCC1.Cl.Cl. The van der Waals surface area contributed by atoms with Crippen LogP contribution < -0.4 is 11.1 Å². The lowest BCUT2D eigenvalue weighted by Gasteiger charge is -2.26. The van der Waals surface area contributed by atoms with Gasteiger partial charge in [-0.25, -0.2) is 0 Å². The van der Waals surface area contributed by atoms with E-state index in [1.54, 1.807) is 0 Å². The van der Waals surface area contributed by atoms with Crippen molar-refractivity contribution in [1.29, 1.82) is 0 Å². The van der Waals surface area contributed by atoms with Crippen molar-refractivity contribution in [2.75, 3.05) is 26.2 Å². The van der Waals surface area contributed by atoms with E-state index in [1.165, 1.54) is 25.9 Å². The summed E-state index contributed by atoms with van der Waals surface area (Å²) in [5.74, 6) is 0.922. The van der Waals surface area contributed by atoms with E-state index in [9.17, 15) is 4.79 Å². The minimum Gasteiger partial charge on any atom is -0.356 e. The maximum Gasteiger partial charge on any atom is 0.223 e. The Balaban J connectivity index is 0.00000200. The van der Waals surface area contributed by atoms with Gasteiger partial charge in [0.25, 0.3) is 0 Å². The summed E-state index contributed by atoms with van der Waals surface area (Å²) in [5.41, 5.74) is 5.94. The van der Waals surface area contributed by atoms with Gasteiger partial charge < -0.3 is 16.0 Å². The van der Waals surface area contributed by atoms with Gasteiger partial charge in [0, 0.05) is 25.0 Å². The van der Waals surface area contributed by atoms with Crippen molar-refractivity contribution >= 4 is 30.7 Å². The van der Waals surface area contributed by atoms with Gasteiger partial charge in [-0.2, -0.15) is 0 Å². The molecule has 0 aromatic heterocycles. The molecule has 4 nitrogen and oxygen atoms in total. The molecule has 126 valence electrons. The Hall–Kier alpha value is -0.0300. The van der Waals surface area contributed by atoms with Crippen LogP contribution in [-0.4, -0.2) is 43.0 Å². The highest BCUT2D eigenvalue weighted by Crippen LogP contribution is 2.23. The molecule has 3 unspecified atom stereocenters. The summed E-state index contributed by atoms with van der Waals surface area (Å²) in [4.78, 5) is 14.6. The Labute approximate surface area is 141 Å². The van der Waals surface area contributed by atoms with Gasteiger partial charge in [0.15, 0.2) is 0 Å². The first-order valence-electron chi connectivity index (χ1n) is 7.91. The lowest BCUT2D eigenvalue weighted by molar-refractivity contribution is -0.126. The molecule has 3 N–H and O–H groups in total. The van der Waals surface area contributed by atoms with Gasteiger partial charge in [-0.1, -0.05) is 13.3 Å². The van der Waals surface area contributed by atoms with Crippen molar-refractivity contribution in [1.82, 2.24) is 10.2 Å². The average Bonchev–Trinajstić information content (AvgIpc) is 2.88. The minimum absolute atomic E-state index is 0. The van der Waals surface area contributed by atoms with Crippen molar-refractivity contribution in [3.8, 4) is 0 Å². The molecule has 1 saturated heterocycles. The number of likely N-dealkylation sites (tertiary alicyclic amines) is 1. The zero-order valence-electron chi connectivity index (χ0n) is 13.1. The molecule has 0 radical (unpaired) electrons. The summed E-state index contributed by atoms with van der Waals surface area (Å²) in [5, 5.41) is 3.13. The van der Waals surface area contributed by atoms with Crippen LogP contribution in [0.15, 0.2) is 0 Å². The highest BCUT2D eigenvalue weighted by Gasteiger charge is 2.25. The second-order valence-corrected chi connectivity index (χ2v) is 6.48. The number of nitrogens with two attached hydrogens (primary N) is 1. The number of nitrogens with zero attached hydrogens (tertiary/aromatic N) is 1. The van der Waals surface area contributed by atoms with Crippen molar-refractivity contribution in [3.05, 3.63) is 0 Å². The summed E-state index contributed by atoms with van der Waals surface area (Å²) < 4.78 is 0. The molecule has 21 heavy (non-hydrogen) atoms. The van der Waals surface area contributed by atoms with E-state index in [1.807, 2.05) is 0 Å². The normalized spacial score (nSPS) is 27.3. The maximum atomic E-state index is 12.1. The lowest BCUT2D eigenvalue weighted by atomic mass is 9.85. The monoisotopic (exact) mass is 339 g/mol. The first-order chi connectivity index (χ1) is 9.15. The highest BCUT2D eigenvalue weighted by atomic mass is 35.5. The molecule has 2 aliphatic rings. The molecule has 2 rings (SSSR count). The van der Waals surface area contributed by atoms with Gasteiger partial charge in [0.05, 0.1) is 0 Å². The quantitative estimate of drug-likeness (QED) is 0.807. The topological polar surface area (TPSA) is 58.4 Å². The molecular formula is C15H31Cl2N3O. The Kier molecular flexibility index (Phi) is 10.6. The predicted molar refractivity (Wildman–Crippen MR) is 92.3 cm³/mol. The summed E-state index contributed by atoms with van der Waals surface area (Å²) in [6, 6.07) is 0.228. The van der Waals surface area contributed by atoms with Crippen LogP contribution in [0.5, 0.6) is 0 Å². The fraction of sp³-hybridized carbons (Fsp3) is 0.933. The molecule has 2 fully saturated rings. The van der Waals surface area contributed by atoms with Gasteiger partial charge in [-0.15, -0.1) is 24.8 Å². The van der Waals surface area contributed by atoms with E-state index in [0.717, 1.165) is 38.8 Å². The van der Waals surface area contributed by atoms with Crippen LogP contribution in [0.4, 0.5) is 0 Å². The van der Waals surface area contributed by atoms with E-state index >= 15 is 0 Å². The summed E-state index contributed by atoms with van der Waals surface area (Å²) in [7, 11) is 0. The van der Waals surface area contributed by atoms with Crippen molar-refractivity contribution in [3.63, 3.8) is 0 Å². The van der Waals surface area contributed by atoms with Crippen LogP contribution in [0.3, 0.4) is 0 Å². The molecule has 1 saturated carbocycles. The molecule has 0 bridgehead atoms. The van der Waals surface area contributed by atoms with Gasteiger partial charge in [-0.3, -0.25) is 4.79 Å². The average molecular weight is 340 g/mol. The van der Waals surface area contributed by atoms with E-state index in [4.69, 9.17) is 5.73 Å². The number of amides is 1. The Morgan fingerprint density at radius 1 is 1.24 bits per heavy atom. The molecule has 1 aliphatic heterocycles. The third kappa shape index (κ3) is 7.18. The van der Waals surface area contributed by atoms with E-state index in [0.29, 0.717) is 5.92 Å². The van der Waals surface area contributed by atoms with Crippen LogP contribution in [0.2, 0.25) is 0 Å². The molecule has 3 atom stereocenters. The summed E-state index contributed by atoms with van der Waals surface area (Å²) >= 11 is 0. The zero-order chi connectivity index (χ0) is 13.7. The highest BCUT2D eigenvalue weighted by molar-refractivity contribution is 5.85. The second kappa shape index (κ2) is 10.7. The fourth-order valence-corrected chi connectivity index (χ4v) is 3.36. The predicted octanol–water partition coefficient (Wildman–Crippen LogP) is 2.20. The molecule has 6 heteroatoms. The lowest BCUT2D eigenvalue weighted by Crippen LogP contribution is -2.40. The third-order valence-corrected chi connectivity index (χ3v) is 4.48. The summed E-state index contributed by atoms with van der Waals surface area (Å²) in [6.07, 6.45) is 6.72. The number of carbonyl (C=O) groups excluding carboxylic acids is 1. The molecule has 0 aromatic rings. The number of carbonyl (C=O) groups is 1. The standard InChI is InChI=1S/C15H29N3O.2ClH/c1-12(11-18-7-2-3-8-18)10-17-15(19)13-5-4-6-14(16)9-13;;/h12-14H,2-11,16H2,1H3,(H,17,19);2*1H. The number of hydrogen-bond acceptors (Lipinski definition) is 3. The number of rotatable bonds is 5. The van der Waals surface area contributed by atoms with Crippen molar-refractivity contribution < 1.29 is 4.79 Å². The van der Waals surface area contributed by atoms with E-state index < -0.39 is 0 Å². The fourth-order valence-electron chi connectivity index (χ4n) is 3.36. The van der Waals surface area contributed by atoms with Crippen LogP contribution in [0, 0.1) is 11.8 Å². The van der Waals surface area contributed by atoms with Crippen LogP contribution >= 0.6 is 24.8 Å². The number of hydrogen-bond donors (Lipinski definition) is 2. The molecule has 0 aromatic carbocycles. The molecule has 1 aliphatic carbocycles. The van der Waals surface area contributed by atoms with E-state index in [-0.39, 0.29) is 42.7 Å². The minimum atomic E-state index is 0. The van der Waals surface area contributed by atoms with Gasteiger partial charge in [0.2, 0.25) is 5.91 Å². The maximum absolute atomic E-state index is 12.1. The number of nitrogens with one attached hydrogen (secondary N) is 1. The van der Waals surface area contributed by atoms with Crippen LogP contribution in [0.1, 0.15) is 45.4 Å². The Morgan fingerprint density at radius 2 is 1.90 bits per heavy atom. The number of halogens is 2. The molecule has 1 heterocycles. The molecule has 1 amide bonds. The summed E-state index contributed by atoms with van der Waals surface area (Å²) in [6.45, 7) is 6.61. The first kappa shape index (κ1) is 21.0. The van der Waals surface area contributed by atoms with E-state index in [2.05, 4.69) is 17.1 Å². The van der Waals surface area contributed by atoms with Gasteiger partial charge >= 0.3 is 0 Å². The third-order valence-electron chi connectivity index (χ3n) is 4.48. The molecular weight excluding hydrogens is 309 g/mol. The van der Waals surface area contributed by atoms with Gasteiger partial charge in [-0.05, 0) is 51.1 Å². The Morgan fingerprint density at radius 3 is 2.52 bits per heavy atom. The first-order valence-corrected chi connectivity index (χ1v) is 7.91. The molecule has 0 spiro atoms. The van der Waals surface area contributed by atoms with Crippen molar-refractivity contribution in [2.24, 2.45) is 17.6 Å². The zero-order valence-corrected chi connectivity index (χ0v) is 14.7. The van der Waals surface area contributed by atoms with Gasteiger partial charge in [0.1, 0.15) is 0 Å².